The summed E-state index contributed by atoms with van der Waals surface area (Å²) in [6.07, 6.45) is 5.65. The van der Waals surface area contributed by atoms with Crippen LogP contribution in [0.1, 0.15) is 7.43 Å². The fraction of sp³-hybridized carbons (Fsp3) is 0.111. The van der Waals surface area contributed by atoms with Crippen LogP contribution >= 0.6 is 34.8 Å². The van der Waals surface area contributed by atoms with Crippen LogP contribution in [0.3, 0.4) is 0 Å². The van der Waals surface area contributed by atoms with E-state index in [-0.39, 0.29) is 7.43 Å². The van der Waals surface area contributed by atoms with Crippen LogP contribution in [0.4, 0.5) is 5.82 Å². The van der Waals surface area contributed by atoms with Crippen LogP contribution in [0.25, 0.3) is 0 Å². The highest BCUT2D eigenvalue weighted by Crippen LogP contribution is 2.04. The number of nitrogens with one attached hydrogen (secondary N) is 1. The second kappa shape index (κ2) is 12.7. The Balaban J connectivity index is 0. The number of nitrogens with two attached hydrogens (primary N) is 3. The van der Waals surface area contributed by atoms with Crippen molar-refractivity contribution in [2.24, 2.45) is 17.5 Å². The highest BCUT2D eigenvalue weighted by Gasteiger charge is 1.89. The molecule has 8 nitrogen and oxygen atoms in total. The lowest BCUT2D eigenvalue weighted by Crippen LogP contribution is -2.08. The van der Waals surface area contributed by atoms with E-state index in [0.29, 0.717) is 21.3 Å². The summed E-state index contributed by atoms with van der Waals surface area (Å²) in [6, 6.07) is 0. The molecule has 20 heavy (non-hydrogen) atoms. The summed E-state index contributed by atoms with van der Waals surface area (Å²) in [4.78, 5) is 14.8. The van der Waals surface area contributed by atoms with E-state index in [9.17, 15) is 0 Å². The first-order valence-electron chi connectivity index (χ1n) is 4.52. The van der Waals surface area contributed by atoms with Crippen LogP contribution in [0.2, 0.25) is 15.5 Å². The molecule has 0 fully saturated rings. The first-order chi connectivity index (χ1) is 9.11. The third-order valence-corrected chi connectivity index (χ3v) is 1.94. The van der Waals surface area contributed by atoms with E-state index in [1.165, 1.54) is 24.8 Å². The molecule has 0 unspecified atom stereocenters. The van der Waals surface area contributed by atoms with Gasteiger partial charge in [0.2, 0.25) is 0 Å². The van der Waals surface area contributed by atoms with Gasteiger partial charge in [-0.2, -0.15) is 0 Å². The van der Waals surface area contributed by atoms with Crippen molar-refractivity contribution in [2.75, 3.05) is 5.43 Å². The molecule has 0 aliphatic carbocycles. The third kappa shape index (κ3) is 9.62. The Kier molecular flexibility index (Phi) is 13.4. The summed E-state index contributed by atoms with van der Waals surface area (Å²) in [5.41, 5.74) is 2.32. The number of hydrazine groups is 2. The molecule has 0 saturated heterocycles. The van der Waals surface area contributed by atoms with Crippen molar-refractivity contribution in [3.8, 4) is 0 Å². The molecule has 0 amide bonds. The summed E-state index contributed by atoms with van der Waals surface area (Å²) in [5, 5.41) is 1.07. The maximum Gasteiger partial charge on any atom is 0.158 e. The number of halogens is 3. The summed E-state index contributed by atoms with van der Waals surface area (Å²) >= 11 is 16.2. The lowest BCUT2D eigenvalue weighted by atomic mass is 10.7. The topological polar surface area (TPSA) is 142 Å². The van der Waals surface area contributed by atoms with Gasteiger partial charge in [-0.05, 0) is 0 Å². The van der Waals surface area contributed by atoms with Crippen LogP contribution in [0, 0.1) is 0 Å². The van der Waals surface area contributed by atoms with E-state index >= 15 is 0 Å². The third-order valence-electron chi connectivity index (χ3n) is 1.36. The Hall–Kier alpha value is -1.29. The average Bonchev–Trinajstić information content (AvgIpc) is 2.46. The summed E-state index contributed by atoms with van der Waals surface area (Å²) < 4.78 is 0. The smallest absolute Gasteiger partial charge is 0.158 e. The first kappa shape index (κ1) is 21.0. The normalized spacial score (nSPS) is 8.10. The monoisotopic (exact) mass is 340 g/mol. The minimum Gasteiger partial charge on any atom is -0.307 e. The molecule has 2 rings (SSSR count). The molecule has 0 aliphatic rings. The average molecular weight is 342 g/mol. The number of anilines is 1. The van der Waals surface area contributed by atoms with Gasteiger partial charge in [0, 0.05) is 0 Å². The van der Waals surface area contributed by atoms with Crippen LogP contribution < -0.4 is 23.0 Å². The zero-order valence-electron chi connectivity index (χ0n) is 9.46. The van der Waals surface area contributed by atoms with Crippen LogP contribution in [-0.2, 0) is 0 Å². The van der Waals surface area contributed by atoms with E-state index in [4.69, 9.17) is 40.6 Å². The molecule has 2 heterocycles. The Morgan fingerprint density at radius 2 is 1.10 bits per heavy atom. The van der Waals surface area contributed by atoms with Gasteiger partial charge in [-0.15, -0.1) is 0 Å². The number of nitrogen functional groups attached to an aromatic ring is 1. The molecule has 112 valence electrons. The molecule has 2 aromatic rings. The Bertz CT molecular complexity index is 429. The maximum absolute atomic E-state index is 5.43. The molecule has 0 saturated carbocycles. The van der Waals surface area contributed by atoms with Gasteiger partial charge in [0.05, 0.1) is 24.8 Å². The number of nitrogens with zero attached hydrogens (tertiary/aromatic N) is 4. The Morgan fingerprint density at radius 3 is 1.35 bits per heavy atom. The first-order valence-corrected chi connectivity index (χ1v) is 5.65. The lowest BCUT2D eigenvalue weighted by Gasteiger charge is -1.94. The number of aromatic nitrogens is 4. The Labute approximate surface area is 131 Å². The fourth-order valence-electron chi connectivity index (χ4n) is 0.683. The minimum atomic E-state index is 0. The second-order valence-electron chi connectivity index (χ2n) is 2.53. The van der Waals surface area contributed by atoms with E-state index in [2.05, 4.69) is 37.0 Å². The van der Waals surface area contributed by atoms with Gasteiger partial charge in [-0.25, -0.2) is 25.8 Å². The molecule has 0 aromatic carbocycles. The molecule has 0 radical (unpaired) electrons. The van der Waals surface area contributed by atoms with Crippen LogP contribution in [-0.4, -0.2) is 19.9 Å². The molecule has 0 aliphatic heterocycles. The van der Waals surface area contributed by atoms with Crippen LogP contribution in [0.15, 0.2) is 24.8 Å². The van der Waals surface area contributed by atoms with Crippen molar-refractivity contribution in [1.82, 2.24) is 19.9 Å². The Morgan fingerprint density at radius 1 is 0.750 bits per heavy atom. The number of hydrogen-bond acceptors (Lipinski definition) is 8. The van der Waals surface area contributed by atoms with Gasteiger partial charge in [0.25, 0.3) is 0 Å². The van der Waals surface area contributed by atoms with E-state index in [0.717, 1.165) is 0 Å². The standard InChI is InChI=1S/C4H2Cl2N2.C4H5ClN4.CH4.H4N2/c5-3-1-7-4(6)2-8-3;5-3-1-8-4(9-6)2-7-3;;1-2/h1-2H;1-2H,6H2,(H,8,9);1H4;1-2H2. The van der Waals surface area contributed by atoms with E-state index in [1.54, 1.807) is 0 Å². The SMILES string of the molecule is C.Clc1cnc(Cl)cn1.NN.NNc1cnc(Cl)cn1. The maximum atomic E-state index is 5.43. The quantitative estimate of drug-likeness (QED) is 0.453. The van der Waals surface area contributed by atoms with Gasteiger partial charge >= 0.3 is 0 Å². The van der Waals surface area contributed by atoms with Crippen molar-refractivity contribution >= 4 is 40.6 Å². The highest BCUT2D eigenvalue weighted by atomic mass is 35.5. The fourth-order valence-corrected chi connectivity index (χ4v) is 0.976. The van der Waals surface area contributed by atoms with Crippen molar-refractivity contribution < 1.29 is 0 Å². The number of hydrogen-bond donors (Lipinski definition) is 4. The van der Waals surface area contributed by atoms with E-state index in [1.807, 2.05) is 0 Å². The molecule has 7 N–H and O–H groups in total. The summed E-state index contributed by atoms with van der Waals surface area (Å²) in [6.45, 7) is 0. The van der Waals surface area contributed by atoms with Crippen molar-refractivity contribution in [1.29, 1.82) is 0 Å². The molecular weight excluding hydrogens is 327 g/mol. The minimum absolute atomic E-state index is 0. The van der Waals surface area contributed by atoms with Gasteiger partial charge in [0.1, 0.15) is 15.5 Å². The predicted molar refractivity (Wildman–Crippen MR) is 82.0 cm³/mol. The van der Waals surface area contributed by atoms with Gasteiger partial charge in [-0.3, -0.25) is 11.7 Å². The second-order valence-corrected chi connectivity index (χ2v) is 3.69. The summed E-state index contributed by atoms with van der Waals surface area (Å²) in [7, 11) is 0. The van der Waals surface area contributed by atoms with Crippen molar-refractivity contribution in [3.05, 3.63) is 40.2 Å². The van der Waals surface area contributed by atoms with Gasteiger partial charge < -0.3 is 5.43 Å². The molecule has 0 atom stereocenters. The zero-order valence-corrected chi connectivity index (χ0v) is 11.7. The molecule has 0 bridgehead atoms. The molecule has 0 spiro atoms. The van der Waals surface area contributed by atoms with Gasteiger partial charge in [-0.1, -0.05) is 42.2 Å². The highest BCUT2D eigenvalue weighted by molar-refractivity contribution is 6.30. The molecule has 2 aromatic heterocycles. The molecule has 11 heteroatoms. The van der Waals surface area contributed by atoms with Crippen molar-refractivity contribution in [3.63, 3.8) is 0 Å². The zero-order chi connectivity index (χ0) is 14.7. The molecular formula is C9H15Cl3N8. The van der Waals surface area contributed by atoms with Gasteiger partial charge in [0.15, 0.2) is 5.82 Å². The van der Waals surface area contributed by atoms with Crippen LogP contribution in [0.5, 0.6) is 0 Å². The lowest BCUT2D eigenvalue weighted by molar-refractivity contribution is 1.16. The summed E-state index contributed by atoms with van der Waals surface area (Å²) in [5.74, 6) is 13.5. The number of rotatable bonds is 1. The van der Waals surface area contributed by atoms with E-state index < -0.39 is 0 Å². The predicted octanol–water partition coefficient (Wildman–Crippen LogP) is 1.65. The van der Waals surface area contributed by atoms with Crippen molar-refractivity contribution in [2.45, 2.75) is 7.43 Å². The largest absolute Gasteiger partial charge is 0.307 e.